The molecule has 0 saturated carbocycles. The molecule has 0 aromatic carbocycles. The van der Waals surface area contributed by atoms with Crippen LogP contribution < -0.4 is 10.2 Å². The lowest BCUT2D eigenvalue weighted by atomic mass is 10.2. The van der Waals surface area contributed by atoms with Crippen molar-refractivity contribution in [3.8, 4) is 0 Å². The topological polar surface area (TPSA) is 91.8 Å². The number of amides is 1. The molecule has 0 atom stereocenters. The Hall–Kier alpha value is -2.84. The Morgan fingerprint density at radius 2 is 2.19 bits per heavy atom. The average molecular weight is 359 g/mol. The van der Waals surface area contributed by atoms with E-state index in [-0.39, 0.29) is 12.5 Å². The molecule has 2 aromatic heterocycles. The van der Waals surface area contributed by atoms with E-state index < -0.39 is 0 Å². The molecule has 140 valence electrons. The number of hydrogen-bond donors (Lipinski definition) is 1. The van der Waals surface area contributed by atoms with Crippen LogP contribution in [0.15, 0.2) is 21.9 Å². The molecule has 9 nitrogen and oxygen atoms in total. The molecule has 1 N–H and O–H groups in total. The highest BCUT2D eigenvalue weighted by atomic mass is 16.5. The highest BCUT2D eigenvalue weighted by molar-refractivity contribution is 5.98. The van der Waals surface area contributed by atoms with E-state index in [9.17, 15) is 4.79 Å². The molecule has 0 spiro atoms. The van der Waals surface area contributed by atoms with Crippen LogP contribution in [0, 0.1) is 13.8 Å². The van der Waals surface area contributed by atoms with Gasteiger partial charge in [-0.05, 0) is 20.8 Å². The van der Waals surface area contributed by atoms with Gasteiger partial charge in [-0.3, -0.25) is 9.48 Å². The SMILES string of the molecule is CCNC(=NCc1c(C)noc1C)N1CCN(c2cnn(C)c2)C(=O)C1. The summed E-state index contributed by atoms with van der Waals surface area (Å²) in [6.07, 6.45) is 3.56. The minimum absolute atomic E-state index is 0.0344. The van der Waals surface area contributed by atoms with E-state index in [1.165, 1.54) is 0 Å². The fourth-order valence-electron chi connectivity index (χ4n) is 2.98. The van der Waals surface area contributed by atoms with Crippen LogP contribution >= 0.6 is 0 Å². The quantitative estimate of drug-likeness (QED) is 0.642. The van der Waals surface area contributed by atoms with Gasteiger partial charge in [0.05, 0.1) is 24.1 Å². The summed E-state index contributed by atoms with van der Waals surface area (Å²) in [5, 5.41) is 11.4. The van der Waals surface area contributed by atoms with Gasteiger partial charge in [0.1, 0.15) is 12.3 Å². The first kappa shape index (κ1) is 18.0. The van der Waals surface area contributed by atoms with Crippen molar-refractivity contribution in [3.63, 3.8) is 0 Å². The number of guanidine groups is 1. The van der Waals surface area contributed by atoms with Crippen molar-refractivity contribution >= 4 is 17.6 Å². The lowest BCUT2D eigenvalue weighted by Gasteiger charge is -2.35. The van der Waals surface area contributed by atoms with Crippen LogP contribution in [-0.4, -0.2) is 57.9 Å². The van der Waals surface area contributed by atoms with Gasteiger partial charge in [-0.25, -0.2) is 4.99 Å². The van der Waals surface area contributed by atoms with Crippen LogP contribution in [0.5, 0.6) is 0 Å². The van der Waals surface area contributed by atoms with Gasteiger partial charge in [-0.2, -0.15) is 5.10 Å². The highest BCUT2D eigenvalue weighted by Gasteiger charge is 2.27. The Kier molecular flexibility index (Phi) is 5.24. The van der Waals surface area contributed by atoms with Crippen molar-refractivity contribution in [1.29, 1.82) is 0 Å². The maximum Gasteiger partial charge on any atom is 0.246 e. The fourth-order valence-corrected chi connectivity index (χ4v) is 2.98. The number of nitrogens with one attached hydrogen (secondary N) is 1. The van der Waals surface area contributed by atoms with Gasteiger partial charge < -0.3 is 19.6 Å². The Bertz CT molecular complexity index is 788. The van der Waals surface area contributed by atoms with E-state index in [1.54, 1.807) is 15.8 Å². The Balaban J connectivity index is 1.71. The third-order valence-electron chi connectivity index (χ3n) is 4.43. The largest absolute Gasteiger partial charge is 0.361 e. The summed E-state index contributed by atoms with van der Waals surface area (Å²) in [7, 11) is 1.84. The second kappa shape index (κ2) is 7.59. The van der Waals surface area contributed by atoms with E-state index in [0.29, 0.717) is 19.6 Å². The number of hydrogen-bond acceptors (Lipinski definition) is 5. The molecule has 3 rings (SSSR count). The van der Waals surface area contributed by atoms with Crippen molar-refractivity contribution in [2.24, 2.45) is 12.0 Å². The van der Waals surface area contributed by atoms with Gasteiger partial charge in [-0.1, -0.05) is 5.16 Å². The smallest absolute Gasteiger partial charge is 0.246 e. The molecule has 1 fully saturated rings. The Morgan fingerprint density at radius 1 is 1.38 bits per heavy atom. The molecule has 0 aliphatic carbocycles. The monoisotopic (exact) mass is 359 g/mol. The summed E-state index contributed by atoms with van der Waals surface area (Å²) in [6, 6.07) is 0. The van der Waals surface area contributed by atoms with E-state index in [1.807, 2.05) is 38.9 Å². The first-order valence-electron chi connectivity index (χ1n) is 8.73. The molecule has 26 heavy (non-hydrogen) atoms. The van der Waals surface area contributed by atoms with Crippen LogP contribution in [0.4, 0.5) is 5.69 Å². The van der Waals surface area contributed by atoms with Crippen molar-refractivity contribution in [1.82, 2.24) is 25.2 Å². The average Bonchev–Trinajstić information content (AvgIpc) is 3.18. The second-order valence-electron chi connectivity index (χ2n) is 6.31. The Labute approximate surface area is 152 Å². The molecular formula is C17H25N7O2. The summed E-state index contributed by atoms with van der Waals surface area (Å²) < 4.78 is 6.89. The van der Waals surface area contributed by atoms with Crippen molar-refractivity contribution in [3.05, 3.63) is 29.4 Å². The molecule has 0 radical (unpaired) electrons. The minimum atomic E-state index is 0.0344. The molecule has 1 saturated heterocycles. The first-order chi connectivity index (χ1) is 12.5. The lowest BCUT2D eigenvalue weighted by Crippen LogP contribution is -2.55. The summed E-state index contributed by atoms with van der Waals surface area (Å²) >= 11 is 0. The van der Waals surface area contributed by atoms with Crippen molar-refractivity contribution < 1.29 is 9.32 Å². The van der Waals surface area contributed by atoms with Crippen molar-refractivity contribution in [2.75, 3.05) is 31.1 Å². The number of carbonyl (C=O) groups is 1. The highest BCUT2D eigenvalue weighted by Crippen LogP contribution is 2.17. The van der Waals surface area contributed by atoms with Crippen LogP contribution in [0.1, 0.15) is 23.9 Å². The predicted octanol–water partition coefficient (Wildman–Crippen LogP) is 0.839. The molecule has 1 amide bonds. The van der Waals surface area contributed by atoms with Crippen LogP contribution in [0.3, 0.4) is 0 Å². The number of carbonyl (C=O) groups excluding carboxylic acids is 1. The van der Waals surface area contributed by atoms with E-state index in [0.717, 1.165) is 35.2 Å². The van der Waals surface area contributed by atoms with Crippen molar-refractivity contribution in [2.45, 2.75) is 27.3 Å². The molecule has 1 aliphatic rings. The van der Waals surface area contributed by atoms with Gasteiger partial charge in [0, 0.05) is 38.4 Å². The number of nitrogens with zero attached hydrogens (tertiary/aromatic N) is 6. The zero-order valence-corrected chi connectivity index (χ0v) is 15.7. The number of anilines is 1. The molecule has 2 aromatic rings. The maximum atomic E-state index is 12.6. The zero-order valence-electron chi connectivity index (χ0n) is 15.7. The second-order valence-corrected chi connectivity index (χ2v) is 6.31. The normalized spacial score (nSPS) is 15.7. The van der Waals surface area contributed by atoms with Gasteiger partial charge in [0.15, 0.2) is 5.96 Å². The number of aromatic nitrogens is 3. The molecule has 9 heteroatoms. The summed E-state index contributed by atoms with van der Waals surface area (Å²) in [4.78, 5) is 21.0. The van der Waals surface area contributed by atoms with E-state index in [2.05, 4.69) is 20.6 Å². The van der Waals surface area contributed by atoms with Gasteiger partial charge in [0.25, 0.3) is 0 Å². The fraction of sp³-hybridized carbons (Fsp3) is 0.529. The minimum Gasteiger partial charge on any atom is -0.361 e. The maximum absolute atomic E-state index is 12.6. The lowest BCUT2D eigenvalue weighted by molar-refractivity contribution is -0.120. The third-order valence-corrected chi connectivity index (χ3v) is 4.43. The van der Waals surface area contributed by atoms with Crippen LogP contribution in [0.25, 0.3) is 0 Å². The molecular weight excluding hydrogens is 334 g/mol. The number of aryl methyl sites for hydroxylation is 3. The van der Waals surface area contributed by atoms with E-state index >= 15 is 0 Å². The molecule has 3 heterocycles. The first-order valence-corrected chi connectivity index (χ1v) is 8.73. The Morgan fingerprint density at radius 3 is 2.77 bits per heavy atom. The summed E-state index contributed by atoms with van der Waals surface area (Å²) in [6.45, 7) is 8.59. The van der Waals surface area contributed by atoms with E-state index in [4.69, 9.17) is 4.52 Å². The van der Waals surface area contributed by atoms with Crippen LogP contribution in [0.2, 0.25) is 0 Å². The van der Waals surface area contributed by atoms with Gasteiger partial charge in [-0.15, -0.1) is 0 Å². The number of rotatable bonds is 4. The van der Waals surface area contributed by atoms with Gasteiger partial charge >= 0.3 is 0 Å². The number of aliphatic imine (C=N–C) groups is 1. The summed E-state index contributed by atoms with van der Waals surface area (Å²) in [5.74, 6) is 1.54. The molecule has 0 unspecified atom stereocenters. The zero-order chi connectivity index (χ0) is 18.7. The molecule has 1 aliphatic heterocycles. The van der Waals surface area contributed by atoms with Crippen LogP contribution in [-0.2, 0) is 18.4 Å². The number of piperazine rings is 1. The summed E-state index contributed by atoms with van der Waals surface area (Å²) in [5.41, 5.74) is 2.66. The van der Waals surface area contributed by atoms with Gasteiger partial charge in [0.2, 0.25) is 5.91 Å². The third kappa shape index (κ3) is 3.71. The predicted molar refractivity (Wildman–Crippen MR) is 97.9 cm³/mol. The standard InChI is InChI=1S/C17H25N7O2/c1-5-18-17(19-9-15-12(2)21-26-13(15)3)23-6-7-24(16(25)11-23)14-8-20-22(4)10-14/h8,10H,5-7,9,11H2,1-4H3,(H,18,19). The molecule has 0 bridgehead atoms.